The minimum atomic E-state index is 0.499. The van der Waals surface area contributed by atoms with Crippen molar-refractivity contribution in [2.24, 2.45) is 0 Å². The van der Waals surface area contributed by atoms with Gasteiger partial charge >= 0.3 is 0 Å². The maximum absolute atomic E-state index is 8.77. The van der Waals surface area contributed by atoms with E-state index in [1.807, 2.05) is 24.3 Å². The van der Waals surface area contributed by atoms with E-state index in [0.717, 1.165) is 11.1 Å². The molecule has 102 valence electrons. The van der Waals surface area contributed by atoms with Crippen molar-refractivity contribution in [3.8, 4) is 17.5 Å². The van der Waals surface area contributed by atoms with Gasteiger partial charge in [-0.05, 0) is 35.0 Å². The van der Waals surface area contributed by atoms with Crippen LogP contribution in [0, 0.1) is 11.3 Å². The van der Waals surface area contributed by atoms with Gasteiger partial charge in [0.15, 0.2) is 0 Å². The highest BCUT2D eigenvalue weighted by Crippen LogP contribution is 2.18. The molecular formula is C15H10ClN5. The summed E-state index contributed by atoms with van der Waals surface area (Å²) in [6.07, 6.45) is 0. The van der Waals surface area contributed by atoms with E-state index in [4.69, 9.17) is 16.9 Å². The Kier molecular flexibility index (Phi) is 3.63. The second-order valence-corrected chi connectivity index (χ2v) is 4.90. The Morgan fingerprint density at radius 3 is 2.67 bits per heavy atom. The molecule has 0 aliphatic carbocycles. The zero-order valence-electron chi connectivity index (χ0n) is 10.9. The second-order valence-electron chi connectivity index (χ2n) is 4.46. The van der Waals surface area contributed by atoms with Gasteiger partial charge in [0.05, 0.1) is 18.2 Å². The fourth-order valence-corrected chi connectivity index (χ4v) is 2.09. The van der Waals surface area contributed by atoms with Gasteiger partial charge in [0.1, 0.15) is 0 Å². The van der Waals surface area contributed by atoms with Crippen molar-refractivity contribution in [2.45, 2.75) is 6.54 Å². The minimum Gasteiger partial charge on any atom is -0.192 e. The van der Waals surface area contributed by atoms with Crippen LogP contribution >= 0.6 is 11.6 Å². The Bertz CT molecular complexity index is 801. The normalized spacial score (nSPS) is 10.3. The quantitative estimate of drug-likeness (QED) is 0.745. The van der Waals surface area contributed by atoms with Crippen molar-refractivity contribution < 1.29 is 0 Å². The van der Waals surface area contributed by atoms with Crippen molar-refractivity contribution in [2.75, 3.05) is 0 Å². The first-order chi connectivity index (χ1) is 10.2. The van der Waals surface area contributed by atoms with Crippen LogP contribution in [0.15, 0.2) is 48.5 Å². The Morgan fingerprint density at radius 1 is 1.14 bits per heavy atom. The van der Waals surface area contributed by atoms with Crippen molar-refractivity contribution >= 4 is 11.6 Å². The fourth-order valence-electron chi connectivity index (χ4n) is 1.90. The molecule has 0 spiro atoms. The predicted molar refractivity (Wildman–Crippen MR) is 78.5 cm³/mol. The summed E-state index contributed by atoms with van der Waals surface area (Å²) in [5.74, 6) is 0.533. The van der Waals surface area contributed by atoms with E-state index in [1.165, 1.54) is 4.80 Å². The number of aromatic nitrogens is 4. The molecule has 0 saturated heterocycles. The van der Waals surface area contributed by atoms with Gasteiger partial charge < -0.3 is 0 Å². The van der Waals surface area contributed by atoms with E-state index < -0.39 is 0 Å². The van der Waals surface area contributed by atoms with Gasteiger partial charge in [-0.2, -0.15) is 10.1 Å². The van der Waals surface area contributed by atoms with Gasteiger partial charge in [-0.1, -0.05) is 35.9 Å². The summed E-state index contributed by atoms with van der Waals surface area (Å²) in [5, 5.41) is 21.8. The average Bonchev–Trinajstić information content (AvgIpc) is 2.97. The van der Waals surface area contributed by atoms with Gasteiger partial charge in [-0.15, -0.1) is 10.2 Å². The van der Waals surface area contributed by atoms with Crippen LogP contribution in [0.2, 0.25) is 5.02 Å². The Morgan fingerprint density at radius 2 is 1.95 bits per heavy atom. The van der Waals surface area contributed by atoms with Crippen LogP contribution in [0.25, 0.3) is 11.4 Å². The van der Waals surface area contributed by atoms with Gasteiger partial charge in [-0.25, -0.2) is 0 Å². The summed E-state index contributed by atoms with van der Waals surface area (Å²) in [4.78, 5) is 1.51. The number of tetrazole rings is 1. The molecule has 6 heteroatoms. The molecule has 0 aliphatic rings. The lowest BCUT2D eigenvalue weighted by Gasteiger charge is -1.99. The largest absolute Gasteiger partial charge is 0.204 e. The maximum Gasteiger partial charge on any atom is 0.204 e. The SMILES string of the molecule is N#Cc1ccc(Cn2nnc(-c3cccc(Cl)c3)n2)cc1. The molecule has 5 nitrogen and oxygen atoms in total. The van der Waals surface area contributed by atoms with Crippen LogP contribution in [0.3, 0.4) is 0 Å². The summed E-state index contributed by atoms with van der Waals surface area (Å²) >= 11 is 5.95. The van der Waals surface area contributed by atoms with Crippen molar-refractivity contribution in [3.05, 3.63) is 64.7 Å². The molecule has 21 heavy (non-hydrogen) atoms. The van der Waals surface area contributed by atoms with Crippen molar-refractivity contribution in [1.29, 1.82) is 5.26 Å². The Hall–Kier alpha value is -2.71. The molecule has 0 amide bonds. The molecule has 1 aromatic heterocycles. The van der Waals surface area contributed by atoms with Gasteiger partial charge in [0.2, 0.25) is 5.82 Å². The molecular weight excluding hydrogens is 286 g/mol. The third-order valence-corrected chi connectivity index (χ3v) is 3.18. The number of nitrogens with zero attached hydrogens (tertiary/aromatic N) is 5. The van der Waals surface area contributed by atoms with Gasteiger partial charge in [-0.3, -0.25) is 0 Å². The second kappa shape index (κ2) is 5.73. The molecule has 0 radical (unpaired) electrons. The summed E-state index contributed by atoms with van der Waals surface area (Å²) in [7, 11) is 0. The van der Waals surface area contributed by atoms with E-state index in [0.29, 0.717) is 23.0 Å². The minimum absolute atomic E-state index is 0.499. The smallest absolute Gasteiger partial charge is 0.192 e. The molecule has 0 saturated carbocycles. The highest BCUT2D eigenvalue weighted by Gasteiger charge is 2.06. The average molecular weight is 296 g/mol. The lowest BCUT2D eigenvalue weighted by atomic mass is 10.1. The van der Waals surface area contributed by atoms with Crippen LogP contribution in [0.4, 0.5) is 0 Å². The molecule has 3 aromatic rings. The standard InChI is InChI=1S/C15H10ClN5/c16-14-3-1-2-13(8-14)15-18-20-21(19-15)10-12-6-4-11(9-17)5-7-12/h1-8H,10H2. The summed E-state index contributed by atoms with van der Waals surface area (Å²) in [6, 6.07) is 16.7. The first-order valence-electron chi connectivity index (χ1n) is 6.27. The number of hydrogen-bond donors (Lipinski definition) is 0. The van der Waals surface area contributed by atoms with Crippen LogP contribution in [-0.4, -0.2) is 20.2 Å². The number of halogens is 1. The highest BCUT2D eigenvalue weighted by atomic mass is 35.5. The van der Waals surface area contributed by atoms with Crippen molar-refractivity contribution in [3.63, 3.8) is 0 Å². The number of hydrogen-bond acceptors (Lipinski definition) is 4. The Balaban J connectivity index is 1.80. The van der Waals surface area contributed by atoms with E-state index in [1.54, 1.807) is 24.3 Å². The van der Waals surface area contributed by atoms with E-state index >= 15 is 0 Å². The molecule has 3 rings (SSSR count). The maximum atomic E-state index is 8.77. The lowest BCUT2D eigenvalue weighted by Crippen LogP contribution is -2.03. The molecule has 0 fully saturated rings. The fraction of sp³-hybridized carbons (Fsp3) is 0.0667. The summed E-state index contributed by atoms with van der Waals surface area (Å²) in [6.45, 7) is 0.499. The topological polar surface area (TPSA) is 67.4 Å². The number of nitriles is 1. The number of benzene rings is 2. The molecule has 0 N–H and O–H groups in total. The van der Waals surface area contributed by atoms with E-state index in [-0.39, 0.29) is 0 Å². The predicted octanol–water partition coefficient (Wildman–Crippen LogP) is 2.91. The molecule has 0 bridgehead atoms. The van der Waals surface area contributed by atoms with Crippen LogP contribution in [-0.2, 0) is 6.54 Å². The van der Waals surface area contributed by atoms with Crippen molar-refractivity contribution in [1.82, 2.24) is 20.2 Å². The zero-order valence-corrected chi connectivity index (χ0v) is 11.7. The van der Waals surface area contributed by atoms with E-state index in [2.05, 4.69) is 21.5 Å². The monoisotopic (exact) mass is 295 g/mol. The third kappa shape index (κ3) is 3.07. The summed E-state index contributed by atoms with van der Waals surface area (Å²) in [5.41, 5.74) is 2.46. The third-order valence-electron chi connectivity index (χ3n) is 2.94. The Labute approximate surface area is 126 Å². The van der Waals surface area contributed by atoms with E-state index in [9.17, 15) is 0 Å². The van der Waals surface area contributed by atoms with Gasteiger partial charge in [0.25, 0.3) is 0 Å². The first-order valence-corrected chi connectivity index (χ1v) is 6.65. The lowest BCUT2D eigenvalue weighted by molar-refractivity contribution is 0.573. The summed E-state index contributed by atoms with van der Waals surface area (Å²) < 4.78 is 0. The highest BCUT2D eigenvalue weighted by molar-refractivity contribution is 6.30. The zero-order chi connectivity index (χ0) is 14.7. The molecule has 0 atom stereocenters. The first kappa shape index (κ1) is 13.3. The molecule has 0 unspecified atom stereocenters. The molecule has 1 heterocycles. The van der Waals surface area contributed by atoms with Crippen LogP contribution < -0.4 is 0 Å². The molecule has 2 aromatic carbocycles. The molecule has 0 aliphatic heterocycles. The number of rotatable bonds is 3. The van der Waals surface area contributed by atoms with Crippen LogP contribution in [0.1, 0.15) is 11.1 Å². The van der Waals surface area contributed by atoms with Crippen LogP contribution in [0.5, 0.6) is 0 Å². The van der Waals surface area contributed by atoms with Gasteiger partial charge in [0, 0.05) is 10.6 Å².